The number of benzene rings is 1. The number of phenols is 1. The molecule has 0 spiro atoms. The van der Waals surface area contributed by atoms with Crippen molar-refractivity contribution in [1.29, 1.82) is 0 Å². The first-order valence-electron chi connectivity index (χ1n) is 10.8. The molecular weight excluding hydrogens is 396 g/mol. The summed E-state index contributed by atoms with van der Waals surface area (Å²) in [6.45, 7) is 14.4. The molecule has 174 valence electrons. The van der Waals surface area contributed by atoms with Gasteiger partial charge < -0.3 is 19.3 Å². The van der Waals surface area contributed by atoms with Crippen LogP contribution in [0.3, 0.4) is 0 Å². The summed E-state index contributed by atoms with van der Waals surface area (Å²) < 4.78 is 15.9. The Morgan fingerprint density at radius 2 is 1.45 bits per heavy atom. The van der Waals surface area contributed by atoms with Gasteiger partial charge in [0.15, 0.2) is 11.5 Å². The minimum atomic E-state index is -0.723. The second kappa shape index (κ2) is 11.8. The molecular formula is C25H38O6. The second-order valence-electron chi connectivity index (χ2n) is 9.56. The fourth-order valence-corrected chi connectivity index (χ4v) is 2.74. The molecule has 1 aromatic rings. The third kappa shape index (κ3) is 8.64. The van der Waals surface area contributed by atoms with Crippen molar-refractivity contribution in [2.45, 2.75) is 66.7 Å². The second-order valence-corrected chi connectivity index (χ2v) is 9.56. The maximum Gasteiger partial charge on any atom is 0.345 e. The standard InChI is InChI=1S/C25H38O6/c1-16(2)9-11-30-23(27)19(24(28)31-12-10-17(3)4)13-18-14-20(25(5,6)7)22(26)21(15-18)29-8/h13-17,26H,9-12H2,1-8H3. The van der Waals surface area contributed by atoms with Gasteiger partial charge in [0.05, 0.1) is 20.3 Å². The number of methoxy groups -OCH3 is 1. The summed E-state index contributed by atoms with van der Waals surface area (Å²) in [7, 11) is 1.45. The highest BCUT2D eigenvalue weighted by Gasteiger charge is 2.25. The van der Waals surface area contributed by atoms with Gasteiger partial charge >= 0.3 is 11.9 Å². The summed E-state index contributed by atoms with van der Waals surface area (Å²) in [6.07, 6.45) is 2.83. The number of carbonyl (C=O) groups excluding carboxylic acids is 2. The normalized spacial score (nSPS) is 11.4. The minimum Gasteiger partial charge on any atom is -0.504 e. The Kier molecular flexibility index (Phi) is 10.1. The molecule has 1 rings (SSSR count). The smallest absolute Gasteiger partial charge is 0.345 e. The average Bonchev–Trinajstić information content (AvgIpc) is 2.65. The fraction of sp³-hybridized carbons (Fsp3) is 0.600. The molecule has 0 aromatic heterocycles. The first-order chi connectivity index (χ1) is 14.4. The van der Waals surface area contributed by atoms with E-state index in [0.717, 1.165) is 0 Å². The highest BCUT2D eigenvalue weighted by Crippen LogP contribution is 2.39. The van der Waals surface area contributed by atoms with Crippen LogP contribution in [0, 0.1) is 11.8 Å². The van der Waals surface area contributed by atoms with E-state index >= 15 is 0 Å². The summed E-state index contributed by atoms with van der Waals surface area (Å²) in [5.74, 6) is -0.408. The molecule has 0 heterocycles. The van der Waals surface area contributed by atoms with Crippen molar-refractivity contribution in [3.8, 4) is 11.5 Å². The van der Waals surface area contributed by atoms with Gasteiger partial charge in [-0.2, -0.15) is 0 Å². The van der Waals surface area contributed by atoms with Crippen molar-refractivity contribution >= 4 is 18.0 Å². The van der Waals surface area contributed by atoms with Gasteiger partial charge in [-0.15, -0.1) is 0 Å². The Morgan fingerprint density at radius 1 is 0.968 bits per heavy atom. The van der Waals surface area contributed by atoms with Crippen LogP contribution < -0.4 is 4.74 Å². The number of esters is 2. The zero-order chi connectivity index (χ0) is 23.8. The Labute approximate surface area is 186 Å². The molecule has 0 saturated carbocycles. The van der Waals surface area contributed by atoms with Crippen LogP contribution in [0.2, 0.25) is 0 Å². The molecule has 0 bridgehead atoms. The van der Waals surface area contributed by atoms with Gasteiger partial charge in [0.1, 0.15) is 5.57 Å². The molecule has 31 heavy (non-hydrogen) atoms. The predicted molar refractivity (Wildman–Crippen MR) is 122 cm³/mol. The van der Waals surface area contributed by atoms with Gasteiger partial charge in [0.2, 0.25) is 0 Å². The molecule has 0 atom stereocenters. The maximum atomic E-state index is 12.7. The highest BCUT2D eigenvalue weighted by atomic mass is 16.6. The number of phenolic OH excluding ortho intramolecular Hbond substituents is 1. The van der Waals surface area contributed by atoms with E-state index < -0.39 is 11.9 Å². The Balaban J connectivity index is 3.33. The maximum absolute atomic E-state index is 12.7. The van der Waals surface area contributed by atoms with Gasteiger partial charge in [-0.25, -0.2) is 9.59 Å². The van der Waals surface area contributed by atoms with E-state index in [1.807, 2.05) is 48.5 Å². The van der Waals surface area contributed by atoms with Crippen LogP contribution >= 0.6 is 0 Å². The lowest BCUT2D eigenvalue weighted by molar-refractivity contribution is -0.147. The van der Waals surface area contributed by atoms with Gasteiger partial charge in [-0.05, 0) is 53.9 Å². The van der Waals surface area contributed by atoms with Crippen molar-refractivity contribution < 1.29 is 28.9 Å². The highest BCUT2D eigenvalue weighted by molar-refractivity contribution is 6.17. The van der Waals surface area contributed by atoms with Crippen LogP contribution in [0.15, 0.2) is 17.7 Å². The van der Waals surface area contributed by atoms with Crippen molar-refractivity contribution in [1.82, 2.24) is 0 Å². The Bertz CT molecular complexity index is 756. The summed E-state index contributed by atoms with van der Waals surface area (Å²) in [5, 5.41) is 10.5. The van der Waals surface area contributed by atoms with E-state index in [1.165, 1.54) is 13.2 Å². The summed E-state index contributed by atoms with van der Waals surface area (Å²) in [6, 6.07) is 3.31. The molecule has 6 nitrogen and oxygen atoms in total. The lowest BCUT2D eigenvalue weighted by atomic mass is 9.85. The lowest BCUT2D eigenvalue weighted by Gasteiger charge is -2.22. The molecule has 0 unspecified atom stereocenters. The quantitative estimate of drug-likeness (QED) is 0.234. The van der Waals surface area contributed by atoms with Crippen molar-refractivity contribution in [3.05, 3.63) is 28.8 Å². The van der Waals surface area contributed by atoms with Crippen LogP contribution in [0.25, 0.3) is 6.08 Å². The monoisotopic (exact) mass is 434 g/mol. The molecule has 6 heteroatoms. The first kappa shape index (κ1) is 26.5. The van der Waals surface area contributed by atoms with Gasteiger partial charge in [0, 0.05) is 5.56 Å². The molecule has 1 N–H and O–H groups in total. The van der Waals surface area contributed by atoms with E-state index in [9.17, 15) is 14.7 Å². The number of aromatic hydroxyl groups is 1. The third-order valence-corrected chi connectivity index (χ3v) is 4.73. The minimum absolute atomic E-state index is 0.0349. The number of ether oxygens (including phenoxy) is 3. The lowest BCUT2D eigenvalue weighted by Crippen LogP contribution is -2.20. The van der Waals surface area contributed by atoms with Crippen molar-refractivity contribution in [3.63, 3.8) is 0 Å². The first-order valence-corrected chi connectivity index (χ1v) is 10.8. The number of carbonyl (C=O) groups is 2. The molecule has 0 fully saturated rings. The average molecular weight is 435 g/mol. The molecule has 0 aliphatic carbocycles. The third-order valence-electron chi connectivity index (χ3n) is 4.73. The SMILES string of the molecule is COc1cc(C=C(C(=O)OCCC(C)C)C(=O)OCCC(C)C)cc(C(C)(C)C)c1O. The molecule has 0 aliphatic heterocycles. The Morgan fingerprint density at radius 3 is 1.84 bits per heavy atom. The topological polar surface area (TPSA) is 82.1 Å². The molecule has 1 aromatic carbocycles. The Hall–Kier alpha value is -2.50. The molecule has 0 radical (unpaired) electrons. The van der Waals surface area contributed by atoms with Crippen LogP contribution in [-0.2, 0) is 24.5 Å². The van der Waals surface area contributed by atoms with E-state index in [2.05, 4.69) is 0 Å². The number of hydrogen-bond acceptors (Lipinski definition) is 6. The number of rotatable bonds is 10. The molecule has 0 saturated heterocycles. The predicted octanol–water partition coefficient (Wildman–Crippen LogP) is 5.26. The van der Waals surface area contributed by atoms with Crippen LogP contribution in [0.5, 0.6) is 11.5 Å². The largest absolute Gasteiger partial charge is 0.504 e. The summed E-state index contributed by atoms with van der Waals surface area (Å²) >= 11 is 0. The number of hydrogen-bond donors (Lipinski definition) is 1. The van der Waals surface area contributed by atoms with Crippen molar-refractivity contribution in [2.75, 3.05) is 20.3 Å². The van der Waals surface area contributed by atoms with E-state index in [-0.39, 0.29) is 35.7 Å². The van der Waals surface area contributed by atoms with E-state index in [1.54, 1.807) is 12.1 Å². The van der Waals surface area contributed by atoms with Gasteiger partial charge in [-0.1, -0.05) is 48.5 Å². The van der Waals surface area contributed by atoms with Crippen molar-refractivity contribution in [2.24, 2.45) is 11.8 Å². The van der Waals surface area contributed by atoms with E-state index in [4.69, 9.17) is 14.2 Å². The summed E-state index contributed by atoms with van der Waals surface area (Å²) in [5.41, 5.74) is 0.617. The summed E-state index contributed by atoms with van der Waals surface area (Å²) in [4.78, 5) is 25.4. The van der Waals surface area contributed by atoms with Crippen LogP contribution in [0.4, 0.5) is 0 Å². The van der Waals surface area contributed by atoms with E-state index in [0.29, 0.717) is 35.8 Å². The molecule has 0 aliphatic rings. The van der Waals surface area contributed by atoms with Gasteiger partial charge in [0.25, 0.3) is 0 Å². The van der Waals surface area contributed by atoms with Crippen LogP contribution in [0.1, 0.15) is 72.4 Å². The fourth-order valence-electron chi connectivity index (χ4n) is 2.74. The van der Waals surface area contributed by atoms with Crippen LogP contribution in [-0.4, -0.2) is 37.4 Å². The zero-order valence-electron chi connectivity index (χ0n) is 20.2. The van der Waals surface area contributed by atoms with Gasteiger partial charge in [-0.3, -0.25) is 0 Å². The molecule has 0 amide bonds. The zero-order valence-corrected chi connectivity index (χ0v) is 20.2.